The van der Waals surface area contributed by atoms with E-state index in [1.807, 2.05) is 25.7 Å². The summed E-state index contributed by atoms with van der Waals surface area (Å²) in [4.78, 5) is 13.9. The second-order valence-electron chi connectivity index (χ2n) is 7.61. The molecule has 0 spiro atoms. The van der Waals surface area contributed by atoms with E-state index in [0.29, 0.717) is 0 Å². The van der Waals surface area contributed by atoms with Crippen molar-refractivity contribution in [2.45, 2.75) is 59.5 Å². The van der Waals surface area contributed by atoms with Gasteiger partial charge in [0.2, 0.25) is 0 Å². The minimum Gasteiger partial charge on any atom is -0.444 e. The highest BCUT2D eigenvalue weighted by molar-refractivity contribution is 5.68. The molecule has 1 aliphatic carbocycles. The van der Waals surface area contributed by atoms with Crippen LogP contribution < -0.4 is 0 Å². The molecule has 2 fully saturated rings. The number of hydrogen-bond acceptors (Lipinski definition) is 2. The minimum atomic E-state index is -0.382. The third kappa shape index (κ3) is 3.87. The average molecular weight is 267 g/mol. The first-order chi connectivity index (χ1) is 8.78. The summed E-state index contributed by atoms with van der Waals surface area (Å²) in [6, 6.07) is 0. The molecule has 110 valence electrons. The first-order valence-electron chi connectivity index (χ1n) is 7.76. The molecule has 1 saturated heterocycles. The van der Waals surface area contributed by atoms with Crippen LogP contribution in [-0.4, -0.2) is 29.7 Å². The molecule has 2 atom stereocenters. The summed E-state index contributed by atoms with van der Waals surface area (Å²) in [7, 11) is 0. The molecule has 0 aromatic carbocycles. The van der Waals surface area contributed by atoms with E-state index in [-0.39, 0.29) is 11.7 Å². The summed E-state index contributed by atoms with van der Waals surface area (Å²) < 4.78 is 5.43. The molecular weight excluding hydrogens is 238 g/mol. The monoisotopic (exact) mass is 267 g/mol. The van der Waals surface area contributed by atoms with Gasteiger partial charge in [-0.05, 0) is 63.7 Å². The largest absolute Gasteiger partial charge is 0.444 e. The first-order valence-corrected chi connectivity index (χ1v) is 7.76. The van der Waals surface area contributed by atoms with Gasteiger partial charge < -0.3 is 9.64 Å². The zero-order valence-corrected chi connectivity index (χ0v) is 13.1. The first kappa shape index (κ1) is 14.7. The van der Waals surface area contributed by atoms with E-state index in [1.54, 1.807) is 0 Å². The molecule has 3 heteroatoms. The Bertz CT molecular complexity index is 324. The van der Waals surface area contributed by atoms with Crippen molar-refractivity contribution in [3.8, 4) is 0 Å². The number of ether oxygens (including phenoxy) is 1. The highest BCUT2D eigenvalue weighted by atomic mass is 16.6. The predicted octanol–water partition coefficient (Wildman–Crippen LogP) is 3.93. The molecule has 1 heterocycles. The van der Waals surface area contributed by atoms with Crippen LogP contribution >= 0.6 is 0 Å². The summed E-state index contributed by atoms with van der Waals surface area (Å²) in [5.74, 6) is 3.54. The molecule has 0 aromatic heterocycles. The molecule has 2 rings (SSSR count). The molecule has 0 bridgehead atoms. The van der Waals surface area contributed by atoms with Crippen LogP contribution in [0.15, 0.2) is 0 Å². The van der Waals surface area contributed by atoms with Crippen molar-refractivity contribution in [3.63, 3.8) is 0 Å². The smallest absolute Gasteiger partial charge is 0.410 e. The van der Waals surface area contributed by atoms with Crippen LogP contribution in [0.1, 0.15) is 53.9 Å². The van der Waals surface area contributed by atoms with Crippen molar-refractivity contribution < 1.29 is 9.53 Å². The fourth-order valence-corrected chi connectivity index (χ4v) is 3.38. The Morgan fingerprint density at radius 3 is 2.21 bits per heavy atom. The number of likely N-dealkylation sites (tertiary alicyclic amines) is 1. The Morgan fingerprint density at radius 2 is 1.79 bits per heavy atom. The average Bonchev–Trinajstić information content (AvgIpc) is 3.07. The molecule has 1 aliphatic heterocycles. The van der Waals surface area contributed by atoms with E-state index in [9.17, 15) is 4.79 Å². The molecular formula is C16H29NO2. The number of piperidine rings is 1. The van der Waals surface area contributed by atoms with Crippen LogP contribution in [0, 0.1) is 23.7 Å². The van der Waals surface area contributed by atoms with Gasteiger partial charge in [-0.3, -0.25) is 0 Å². The second kappa shape index (κ2) is 5.34. The molecule has 0 unspecified atom stereocenters. The maximum Gasteiger partial charge on any atom is 0.410 e. The van der Waals surface area contributed by atoms with Crippen molar-refractivity contribution in [1.82, 2.24) is 4.90 Å². The van der Waals surface area contributed by atoms with Gasteiger partial charge >= 0.3 is 6.09 Å². The third-order valence-electron chi connectivity index (χ3n) is 4.54. The molecule has 3 nitrogen and oxygen atoms in total. The lowest BCUT2D eigenvalue weighted by atomic mass is 9.89. The van der Waals surface area contributed by atoms with E-state index >= 15 is 0 Å². The number of amides is 1. The maximum absolute atomic E-state index is 12.0. The maximum atomic E-state index is 12.0. The van der Waals surface area contributed by atoms with Crippen LogP contribution in [0.5, 0.6) is 0 Å². The quantitative estimate of drug-likeness (QED) is 0.758. The van der Waals surface area contributed by atoms with Gasteiger partial charge in [0.25, 0.3) is 0 Å². The van der Waals surface area contributed by atoms with Crippen LogP contribution in [-0.2, 0) is 4.74 Å². The van der Waals surface area contributed by atoms with E-state index in [4.69, 9.17) is 4.74 Å². The van der Waals surface area contributed by atoms with Gasteiger partial charge in [-0.15, -0.1) is 0 Å². The Kier molecular flexibility index (Phi) is 4.12. The van der Waals surface area contributed by atoms with E-state index in [0.717, 1.165) is 49.6 Å². The highest BCUT2D eigenvalue weighted by Crippen LogP contribution is 2.51. The number of carbonyl (C=O) groups is 1. The lowest BCUT2D eigenvalue weighted by Gasteiger charge is -2.33. The van der Waals surface area contributed by atoms with Gasteiger partial charge in [0.1, 0.15) is 5.60 Å². The van der Waals surface area contributed by atoms with E-state index < -0.39 is 0 Å². The van der Waals surface area contributed by atoms with Gasteiger partial charge in [0, 0.05) is 13.1 Å². The number of carbonyl (C=O) groups excluding carboxylic acids is 1. The summed E-state index contributed by atoms with van der Waals surface area (Å²) in [5, 5.41) is 0. The van der Waals surface area contributed by atoms with Crippen molar-refractivity contribution >= 4 is 6.09 Å². The van der Waals surface area contributed by atoms with Gasteiger partial charge in [-0.1, -0.05) is 13.8 Å². The van der Waals surface area contributed by atoms with Crippen LogP contribution in [0.25, 0.3) is 0 Å². The van der Waals surface area contributed by atoms with Crippen molar-refractivity contribution in [2.75, 3.05) is 13.1 Å². The van der Waals surface area contributed by atoms with Crippen molar-refractivity contribution in [3.05, 3.63) is 0 Å². The zero-order valence-electron chi connectivity index (χ0n) is 13.1. The molecule has 0 aromatic rings. The lowest BCUT2D eigenvalue weighted by Crippen LogP contribution is -2.42. The predicted molar refractivity (Wildman–Crippen MR) is 77.0 cm³/mol. The topological polar surface area (TPSA) is 29.5 Å². The SMILES string of the molecule is CC(C)[C@@H]1C[C@H]1C1CCN(C(=O)OC(C)(C)C)CC1. The third-order valence-corrected chi connectivity index (χ3v) is 4.54. The number of nitrogens with zero attached hydrogens (tertiary/aromatic N) is 1. The van der Waals surface area contributed by atoms with Gasteiger partial charge in [0.05, 0.1) is 0 Å². The molecule has 0 N–H and O–H groups in total. The highest BCUT2D eigenvalue weighted by Gasteiger charge is 2.45. The zero-order chi connectivity index (χ0) is 14.2. The summed E-state index contributed by atoms with van der Waals surface area (Å²) >= 11 is 0. The Balaban J connectivity index is 1.75. The molecule has 2 aliphatic rings. The summed E-state index contributed by atoms with van der Waals surface area (Å²) in [6.45, 7) is 12.2. The number of hydrogen-bond donors (Lipinski definition) is 0. The van der Waals surface area contributed by atoms with Crippen LogP contribution in [0.4, 0.5) is 4.79 Å². The lowest BCUT2D eigenvalue weighted by molar-refractivity contribution is 0.0173. The fraction of sp³-hybridized carbons (Fsp3) is 0.938. The van der Waals surface area contributed by atoms with E-state index in [1.165, 1.54) is 6.42 Å². The summed E-state index contributed by atoms with van der Waals surface area (Å²) in [6.07, 6.45) is 3.59. The Labute approximate surface area is 117 Å². The van der Waals surface area contributed by atoms with Crippen LogP contribution in [0.3, 0.4) is 0 Å². The molecule has 0 radical (unpaired) electrons. The van der Waals surface area contributed by atoms with Crippen molar-refractivity contribution in [2.24, 2.45) is 23.7 Å². The standard InChI is InChI=1S/C16H29NO2/c1-11(2)13-10-14(13)12-6-8-17(9-7-12)15(18)19-16(3,4)5/h11-14H,6-10H2,1-5H3/t13-,14-/m0/s1. The Morgan fingerprint density at radius 1 is 1.21 bits per heavy atom. The number of rotatable bonds is 2. The normalized spacial score (nSPS) is 28.6. The molecule has 1 amide bonds. The minimum absolute atomic E-state index is 0.137. The van der Waals surface area contributed by atoms with Gasteiger partial charge in [-0.2, -0.15) is 0 Å². The fourth-order valence-electron chi connectivity index (χ4n) is 3.38. The van der Waals surface area contributed by atoms with E-state index in [2.05, 4.69) is 13.8 Å². The molecule has 19 heavy (non-hydrogen) atoms. The van der Waals surface area contributed by atoms with Gasteiger partial charge in [0.15, 0.2) is 0 Å². The Hall–Kier alpha value is -0.730. The van der Waals surface area contributed by atoms with Crippen molar-refractivity contribution in [1.29, 1.82) is 0 Å². The molecule has 1 saturated carbocycles. The van der Waals surface area contributed by atoms with Gasteiger partial charge in [-0.25, -0.2) is 4.79 Å². The second-order valence-corrected chi connectivity index (χ2v) is 7.61. The van der Waals surface area contributed by atoms with Crippen LogP contribution in [0.2, 0.25) is 0 Å². The summed E-state index contributed by atoms with van der Waals surface area (Å²) in [5.41, 5.74) is -0.382.